The van der Waals surface area contributed by atoms with E-state index in [2.05, 4.69) is 17.0 Å². The van der Waals surface area contributed by atoms with Crippen molar-refractivity contribution in [2.45, 2.75) is 20.3 Å². The molecule has 0 spiro atoms. The van der Waals surface area contributed by atoms with Crippen LogP contribution in [0.15, 0.2) is 57.7 Å². The molecule has 0 N–H and O–H groups in total. The third-order valence-electron chi connectivity index (χ3n) is 4.90. The standard InChI is InChI=1S/C23H19N3O3S/c1-3-12-28-17-10-6-4-8-15(17)13-19-22(27)26-23(30-19)24-21(25-26)20-14(2)16-9-5-7-11-18(16)29-20/h4-11,13H,3,12H2,1-2H3/b19-13+. The Bertz CT molecular complexity index is 1480. The predicted molar refractivity (Wildman–Crippen MR) is 118 cm³/mol. The van der Waals surface area contributed by atoms with Gasteiger partial charge in [0, 0.05) is 16.5 Å². The Balaban J connectivity index is 1.59. The van der Waals surface area contributed by atoms with Crippen LogP contribution in [0.2, 0.25) is 0 Å². The van der Waals surface area contributed by atoms with Gasteiger partial charge < -0.3 is 9.15 Å². The van der Waals surface area contributed by atoms with Gasteiger partial charge in [0.1, 0.15) is 11.3 Å². The zero-order valence-electron chi connectivity index (χ0n) is 16.6. The Kier molecular flexibility index (Phi) is 4.59. The van der Waals surface area contributed by atoms with E-state index >= 15 is 0 Å². The van der Waals surface area contributed by atoms with Gasteiger partial charge in [-0.1, -0.05) is 54.7 Å². The van der Waals surface area contributed by atoms with Crippen LogP contribution in [0, 0.1) is 6.92 Å². The largest absolute Gasteiger partial charge is 0.493 e. The maximum absolute atomic E-state index is 12.9. The summed E-state index contributed by atoms with van der Waals surface area (Å²) in [4.78, 5) is 18.0. The number of nitrogens with zero attached hydrogens (tertiary/aromatic N) is 3. The lowest BCUT2D eigenvalue weighted by molar-refractivity contribution is 0.317. The summed E-state index contributed by atoms with van der Waals surface area (Å²) in [6, 6.07) is 15.5. The number of furan rings is 1. The van der Waals surface area contributed by atoms with Crippen molar-refractivity contribution in [3.63, 3.8) is 0 Å². The Morgan fingerprint density at radius 2 is 1.97 bits per heavy atom. The first-order chi connectivity index (χ1) is 14.7. The highest BCUT2D eigenvalue weighted by Crippen LogP contribution is 2.31. The van der Waals surface area contributed by atoms with Crippen LogP contribution in [-0.4, -0.2) is 21.2 Å². The van der Waals surface area contributed by atoms with Crippen LogP contribution in [0.5, 0.6) is 5.75 Å². The fourth-order valence-electron chi connectivity index (χ4n) is 3.40. The number of benzene rings is 2. The summed E-state index contributed by atoms with van der Waals surface area (Å²) in [5.41, 5.74) is 2.40. The summed E-state index contributed by atoms with van der Waals surface area (Å²) >= 11 is 1.30. The smallest absolute Gasteiger partial charge is 0.291 e. The van der Waals surface area contributed by atoms with Crippen molar-refractivity contribution in [2.24, 2.45) is 0 Å². The van der Waals surface area contributed by atoms with E-state index in [-0.39, 0.29) is 5.56 Å². The number of ether oxygens (including phenoxy) is 1. The van der Waals surface area contributed by atoms with Crippen molar-refractivity contribution in [2.75, 3.05) is 6.61 Å². The molecule has 0 aliphatic rings. The Labute approximate surface area is 176 Å². The molecule has 5 rings (SSSR count). The molecule has 150 valence electrons. The lowest BCUT2D eigenvalue weighted by Crippen LogP contribution is -2.23. The molecular formula is C23H19N3O3S. The van der Waals surface area contributed by atoms with E-state index in [1.165, 1.54) is 15.9 Å². The summed E-state index contributed by atoms with van der Waals surface area (Å²) in [5.74, 6) is 1.77. The maximum atomic E-state index is 12.9. The molecule has 7 heteroatoms. The molecule has 5 aromatic rings. The summed E-state index contributed by atoms with van der Waals surface area (Å²) in [7, 11) is 0. The Morgan fingerprint density at radius 3 is 2.77 bits per heavy atom. The van der Waals surface area contributed by atoms with Gasteiger partial charge in [0.2, 0.25) is 10.8 Å². The lowest BCUT2D eigenvalue weighted by atomic mass is 10.1. The molecule has 0 fully saturated rings. The van der Waals surface area contributed by atoms with Crippen molar-refractivity contribution < 1.29 is 9.15 Å². The van der Waals surface area contributed by atoms with Crippen molar-refractivity contribution >= 4 is 33.3 Å². The van der Waals surface area contributed by atoms with E-state index < -0.39 is 0 Å². The molecular weight excluding hydrogens is 398 g/mol. The van der Waals surface area contributed by atoms with Gasteiger partial charge in [-0.25, -0.2) is 0 Å². The third-order valence-corrected chi connectivity index (χ3v) is 5.86. The Morgan fingerprint density at radius 1 is 1.17 bits per heavy atom. The lowest BCUT2D eigenvalue weighted by Gasteiger charge is -2.07. The highest BCUT2D eigenvalue weighted by atomic mass is 32.1. The second kappa shape index (κ2) is 7.42. The normalized spacial score (nSPS) is 12.3. The number of fused-ring (bicyclic) bond motifs is 2. The minimum absolute atomic E-state index is 0.201. The monoisotopic (exact) mass is 417 g/mol. The minimum Gasteiger partial charge on any atom is -0.493 e. The third kappa shape index (κ3) is 3.07. The van der Waals surface area contributed by atoms with Crippen LogP contribution in [0.3, 0.4) is 0 Å². The second-order valence-corrected chi connectivity index (χ2v) is 7.99. The van der Waals surface area contributed by atoms with Crippen LogP contribution in [0.25, 0.3) is 33.6 Å². The number of hydrogen-bond donors (Lipinski definition) is 0. The van der Waals surface area contributed by atoms with E-state index in [4.69, 9.17) is 9.15 Å². The molecule has 3 heterocycles. The van der Waals surface area contributed by atoms with Gasteiger partial charge in [0.05, 0.1) is 11.1 Å². The topological polar surface area (TPSA) is 69.6 Å². The van der Waals surface area contributed by atoms with Crippen molar-refractivity contribution in [3.8, 4) is 17.3 Å². The molecule has 0 aliphatic carbocycles. The number of aromatic nitrogens is 3. The molecule has 30 heavy (non-hydrogen) atoms. The van der Waals surface area contributed by atoms with Gasteiger partial charge in [0.15, 0.2) is 5.76 Å². The average molecular weight is 417 g/mol. The van der Waals surface area contributed by atoms with Crippen LogP contribution in [-0.2, 0) is 0 Å². The number of hydrogen-bond acceptors (Lipinski definition) is 6. The van der Waals surface area contributed by atoms with Crippen LogP contribution in [0.1, 0.15) is 24.5 Å². The van der Waals surface area contributed by atoms with Gasteiger partial charge in [-0.3, -0.25) is 4.79 Å². The van der Waals surface area contributed by atoms with Crippen LogP contribution in [0.4, 0.5) is 0 Å². The van der Waals surface area contributed by atoms with E-state index in [9.17, 15) is 4.79 Å². The predicted octanol–water partition coefficient (Wildman–Crippen LogP) is 4.21. The first kappa shape index (κ1) is 18.6. The number of aryl methyl sites for hydroxylation is 1. The Hall–Kier alpha value is -3.45. The molecule has 6 nitrogen and oxygen atoms in total. The molecule has 0 aliphatic heterocycles. The summed E-state index contributed by atoms with van der Waals surface area (Å²) < 4.78 is 13.6. The van der Waals surface area contributed by atoms with Gasteiger partial charge in [-0.05, 0) is 31.6 Å². The fraction of sp³-hybridized carbons (Fsp3) is 0.174. The first-order valence-electron chi connectivity index (χ1n) is 9.77. The number of rotatable bonds is 5. The van der Waals surface area contributed by atoms with E-state index in [1.54, 1.807) is 0 Å². The van der Waals surface area contributed by atoms with Crippen molar-refractivity contribution in [3.05, 3.63) is 74.5 Å². The maximum Gasteiger partial charge on any atom is 0.291 e. The summed E-state index contributed by atoms with van der Waals surface area (Å²) in [6.07, 6.45) is 2.75. The summed E-state index contributed by atoms with van der Waals surface area (Å²) in [5, 5.41) is 5.45. The fourth-order valence-corrected chi connectivity index (χ4v) is 4.30. The van der Waals surface area contributed by atoms with Gasteiger partial charge >= 0.3 is 0 Å². The van der Waals surface area contributed by atoms with Crippen LogP contribution < -0.4 is 14.8 Å². The summed E-state index contributed by atoms with van der Waals surface area (Å²) in [6.45, 7) is 4.66. The average Bonchev–Trinajstić information content (AvgIpc) is 3.41. The number of para-hydroxylation sites is 2. The molecule has 0 atom stereocenters. The molecule has 0 radical (unpaired) electrons. The molecule has 0 saturated carbocycles. The van der Waals surface area contributed by atoms with Gasteiger partial charge in [0.25, 0.3) is 5.56 Å². The highest BCUT2D eigenvalue weighted by molar-refractivity contribution is 7.15. The quantitative estimate of drug-likeness (QED) is 0.428. The minimum atomic E-state index is -0.201. The molecule has 0 amide bonds. The number of thiazole rings is 1. The van der Waals surface area contributed by atoms with Gasteiger partial charge in [-0.15, -0.1) is 5.10 Å². The first-order valence-corrected chi connectivity index (χ1v) is 10.6. The van der Waals surface area contributed by atoms with Crippen molar-refractivity contribution in [1.82, 2.24) is 14.6 Å². The molecule has 2 aromatic carbocycles. The molecule has 0 unspecified atom stereocenters. The molecule has 0 bridgehead atoms. The molecule has 3 aromatic heterocycles. The van der Waals surface area contributed by atoms with E-state index in [0.717, 1.165) is 34.3 Å². The van der Waals surface area contributed by atoms with Crippen molar-refractivity contribution in [1.29, 1.82) is 0 Å². The van der Waals surface area contributed by atoms with Gasteiger partial charge in [-0.2, -0.15) is 9.50 Å². The van der Waals surface area contributed by atoms with E-state index in [0.29, 0.717) is 27.7 Å². The zero-order chi connectivity index (χ0) is 20.7. The van der Waals surface area contributed by atoms with Crippen LogP contribution >= 0.6 is 11.3 Å². The van der Waals surface area contributed by atoms with E-state index in [1.807, 2.05) is 61.5 Å². The molecule has 0 saturated heterocycles. The highest BCUT2D eigenvalue weighted by Gasteiger charge is 2.19. The SMILES string of the molecule is CCCOc1ccccc1/C=c1/sc2nc(-c3oc4ccccc4c3C)nn2c1=O. The zero-order valence-corrected chi connectivity index (χ0v) is 17.4. The second-order valence-electron chi connectivity index (χ2n) is 6.98.